The predicted octanol–water partition coefficient (Wildman–Crippen LogP) is 4.27. The molecule has 2 aromatic carbocycles. The van der Waals surface area contributed by atoms with Crippen LogP contribution in [0.4, 0.5) is 5.82 Å². The Bertz CT molecular complexity index is 940. The van der Waals surface area contributed by atoms with Crippen molar-refractivity contribution in [1.82, 2.24) is 15.1 Å². The highest BCUT2D eigenvalue weighted by atomic mass is 35.5. The molecule has 29 heavy (non-hydrogen) atoms. The molecular formula is C22H25ClN4O2. The van der Waals surface area contributed by atoms with Crippen molar-refractivity contribution in [2.24, 2.45) is 0 Å². The molecule has 0 spiro atoms. The topological polar surface area (TPSA) is 68.2 Å². The number of methoxy groups -OCH3 is 1. The van der Waals surface area contributed by atoms with Crippen LogP contribution in [0.5, 0.6) is 5.75 Å². The Balaban J connectivity index is 1.58. The Labute approximate surface area is 175 Å². The summed E-state index contributed by atoms with van der Waals surface area (Å²) < 4.78 is 6.92. The monoisotopic (exact) mass is 412 g/mol. The maximum atomic E-state index is 12.5. The molecule has 6 nitrogen and oxygen atoms in total. The fourth-order valence-corrected chi connectivity index (χ4v) is 3.29. The van der Waals surface area contributed by atoms with Crippen LogP contribution in [0, 0.1) is 0 Å². The van der Waals surface area contributed by atoms with Gasteiger partial charge in [0.15, 0.2) is 0 Å². The Hall–Kier alpha value is -2.83. The molecule has 0 saturated heterocycles. The van der Waals surface area contributed by atoms with E-state index in [0.717, 1.165) is 23.3 Å². The maximum Gasteiger partial charge on any atom is 0.239 e. The fraction of sp³-hybridized carbons (Fsp3) is 0.273. The molecule has 1 unspecified atom stereocenters. The van der Waals surface area contributed by atoms with Gasteiger partial charge in [-0.15, -0.1) is 0 Å². The van der Waals surface area contributed by atoms with Gasteiger partial charge >= 0.3 is 0 Å². The summed E-state index contributed by atoms with van der Waals surface area (Å²) in [6.07, 6.45) is 2.52. The van der Waals surface area contributed by atoms with E-state index in [2.05, 4.69) is 22.7 Å². The van der Waals surface area contributed by atoms with Gasteiger partial charge in [0.1, 0.15) is 11.6 Å². The highest BCUT2D eigenvalue weighted by Crippen LogP contribution is 2.20. The van der Waals surface area contributed by atoms with Gasteiger partial charge in [0.2, 0.25) is 5.91 Å². The van der Waals surface area contributed by atoms with Crippen LogP contribution in [0.3, 0.4) is 0 Å². The largest absolute Gasteiger partial charge is 0.497 e. The molecule has 7 heteroatoms. The first kappa shape index (κ1) is 20.9. The zero-order valence-corrected chi connectivity index (χ0v) is 17.3. The number of amides is 1. The molecule has 0 saturated carbocycles. The molecule has 2 N–H and O–H groups in total. The van der Waals surface area contributed by atoms with E-state index in [1.807, 2.05) is 48.5 Å². The fourth-order valence-electron chi connectivity index (χ4n) is 3.09. The van der Waals surface area contributed by atoms with E-state index in [0.29, 0.717) is 17.4 Å². The number of halogens is 1. The molecule has 1 amide bonds. The zero-order valence-electron chi connectivity index (χ0n) is 16.6. The molecule has 3 rings (SSSR count). The molecule has 0 bridgehead atoms. The molecule has 1 atom stereocenters. The second kappa shape index (κ2) is 10.1. The molecule has 0 aliphatic rings. The van der Waals surface area contributed by atoms with Gasteiger partial charge < -0.3 is 15.4 Å². The molecule has 152 valence electrons. The maximum absolute atomic E-state index is 12.5. The normalized spacial score (nSPS) is 11.8. The quantitative estimate of drug-likeness (QED) is 0.550. The van der Waals surface area contributed by atoms with E-state index >= 15 is 0 Å². The third-order valence-corrected chi connectivity index (χ3v) is 5.07. The lowest BCUT2D eigenvalue weighted by molar-refractivity contribution is -0.115. The molecule has 0 aliphatic carbocycles. The first-order valence-corrected chi connectivity index (χ1v) is 9.91. The Kier molecular flexibility index (Phi) is 7.27. The summed E-state index contributed by atoms with van der Waals surface area (Å²) in [5.41, 5.74) is 2.06. The van der Waals surface area contributed by atoms with E-state index in [-0.39, 0.29) is 18.5 Å². The number of carbonyl (C=O) groups is 1. The van der Waals surface area contributed by atoms with Gasteiger partial charge in [-0.2, -0.15) is 5.10 Å². The summed E-state index contributed by atoms with van der Waals surface area (Å²) in [7, 11) is 1.64. The molecule has 3 aromatic rings. The minimum Gasteiger partial charge on any atom is -0.497 e. The minimum absolute atomic E-state index is 0.0830. The number of anilines is 1. The van der Waals surface area contributed by atoms with Gasteiger partial charge in [0.05, 0.1) is 26.4 Å². The van der Waals surface area contributed by atoms with Crippen molar-refractivity contribution in [3.63, 3.8) is 0 Å². The molecule has 0 fully saturated rings. The van der Waals surface area contributed by atoms with Gasteiger partial charge in [-0.25, -0.2) is 4.68 Å². The first-order chi connectivity index (χ1) is 14.1. The lowest BCUT2D eigenvalue weighted by atomic mass is 10.0. The summed E-state index contributed by atoms with van der Waals surface area (Å²) in [5, 5.41) is 11.2. The van der Waals surface area contributed by atoms with E-state index < -0.39 is 0 Å². The van der Waals surface area contributed by atoms with Crippen LogP contribution in [0.1, 0.15) is 30.5 Å². The number of hydrogen-bond donors (Lipinski definition) is 2. The van der Waals surface area contributed by atoms with Gasteiger partial charge in [0.25, 0.3) is 0 Å². The molecule has 0 aliphatic heterocycles. The van der Waals surface area contributed by atoms with Crippen molar-refractivity contribution >= 4 is 23.3 Å². The van der Waals surface area contributed by atoms with Crippen LogP contribution in [0.2, 0.25) is 5.02 Å². The van der Waals surface area contributed by atoms with Crippen molar-refractivity contribution in [1.29, 1.82) is 0 Å². The van der Waals surface area contributed by atoms with Gasteiger partial charge in [-0.3, -0.25) is 4.79 Å². The summed E-state index contributed by atoms with van der Waals surface area (Å²) in [6, 6.07) is 17.3. The average molecular weight is 413 g/mol. The Morgan fingerprint density at radius 3 is 2.62 bits per heavy atom. The van der Waals surface area contributed by atoms with Gasteiger partial charge in [-0.05, 0) is 35.7 Å². The molecule has 0 radical (unpaired) electrons. The van der Waals surface area contributed by atoms with E-state index in [1.54, 1.807) is 24.1 Å². The SMILES string of the molecule is CCC(NCC(=O)Nc1ccnn1Cc1ccccc1Cl)c1ccc(OC)cc1. The summed E-state index contributed by atoms with van der Waals surface area (Å²) in [6.45, 7) is 2.76. The predicted molar refractivity (Wildman–Crippen MR) is 115 cm³/mol. The highest BCUT2D eigenvalue weighted by Gasteiger charge is 2.13. The zero-order chi connectivity index (χ0) is 20.6. The van der Waals surface area contributed by atoms with Crippen molar-refractivity contribution in [3.8, 4) is 5.75 Å². The van der Waals surface area contributed by atoms with Crippen molar-refractivity contribution in [2.75, 3.05) is 19.0 Å². The number of benzene rings is 2. The van der Waals surface area contributed by atoms with Crippen LogP contribution >= 0.6 is 11.6 Å². The molecular weight excluding hydrogens is 388 g/mol. The number of nitrogens with zero attached hydrogens (tertiary/aromatic N) is 2. The van der Waals surface area contributed by atoms with Gasteiger partial charge in [-0.1, -0.05) is 48.9 Å². The van der Waals surface area contributed by atoms with E-state index in [1.165, 1.54) is 0 Å². The molecule has 1 aromatic heterocycles. The van der Waals surface area contributed by atoms with Crippen molar-refractivity contribution in [2.45, 2.75) is 25.9 Å². The lowest BCUT2D eigenvalue weighted by Crippen LogP contribution is -2.31. The third kappa shape index (κ3) is 5.59. The van der Waals surface area contributed by atoms with Gasteiger partial charge in [0, 0.05) is 17.1 Å². The second-order valence-electron chi connectivity index (χ2n) is 6.63. The van der Waals surface area contributed by atoms with Crippen molar-refractivity contribution in [3.05, 3.63) is 76.9 Å². The van der Waals surface area contributed by atoms with Crippen LogP contribution in [-0.2, 0) is 11.3 Å². The van der Waals surface area contributed by atoms with Crippen LogP contribution in [-0.4, -0.2) is 29.3 Å². The van der Waals surface area contributed by atoms with E-state index in [4.69, 9.17) is 16.3 Å². The summed E-state index contributed by atoms with van der Waals surface area (Å²) in [4.78, 5) is 12.5. The number of carbonyl (C=O) groups excluding carboxylic acids is 1. The van der Waals surface area contributed by atoms with Crippen LogP contribution in [0.15, 0.2) is 60.8 Å². The minimum atomic E-state index is -0.127. The second-order valence-corrected chi connectivity index (χ2v) is 7.04. The smallest absolute Gasteiger partial charge is 0.239 e. The summed E-state index contributed by atoms with van der Waals surface area (Å²) >= 11 is 6.23. The Morgan fingerprint density at radius 2 is 1.93 bits per heavy atom. The van der Waals surface area contributed by atoms with E-state index in [9.17, 15) is 4.79 Å². The number of aromatic nitrogens is 2. The van der Waals surface area contributed by atoms with Crippen LogP contribution < -0.4 is 15.4 Å². The number of hydrogen-bond acceptors (Lipinski definition) is 4. The van der Waals surface area contributed by atoms with Crippen LogP contribution in [0.25, 0.3) is 0 Å². The third-order valence-electron chi connectivity index (χ3n) is 4.70. The molecule has 1 heterocycles. The number of ether oxygens (including phenoxy) is 1. The summed E-state index contributed by atoms with van der Waals surface area (Å²) in [5.74, 6) is 1.32. The first-order valence-electron chi connectivity index (χ1n) is 9.53. The van der Waals surface area contributed by atoms with Crippen molar-refractivity contribution < 1.29 is 9.53 Å². The number of nitrogens with one attached hydrogen (secondary N) is 2. The lowest BCUT2D eigenvalue weighted by Gasteiger charge is -2.18. The standard InChI is InChI=1S/C22H25ClN4O2/c1-3-20(16-8-10-18(29-2)11-9-16)24-14-22(28)26-21-12-13-25-27(21)15-17-6-4-5-7-19(17)23/h4-13,20,24H,3,14-15H2,1-2H3,(H,26,28). The average Bonchev–Trinajstić information content (AvgIpc) is 3.17. The highest BCUT2D eigenvalue weighted by molar-refractivity contribution is 6.31. The number of rotatable bonds is 9. The Morgan fingerprint density at radius 1 is 1.17 bits per heavy atom.